The molecule has 0 aliphatic heterocycles. The van der Waals surface area contributed by atoms with E-state index in [1.54, 1.807) is 85.8 Å². The van der Waals surface area contributed by atoms with Crippen LogP contribution in [0.15, 0.2) is 125 Å². The molecule has 49 heavy (non-hydrogen) atoms. The number of hydrogen-bond acceptors (Lipinski definition) is 8. The average Bonchev–Trinajstić information content (AvgIpc) is 3.03. The van der Waals surface area contributed by atoms with Crippen LogP contribution in [-0.2, 0) is 20.0 Å². The molecule has 13 heteroatoms. The molecule has 0 aliphatic rings. The van der Waals surface area contributed by atoms with Crippen LogP contribution < -0.4 is 20.3 Å². The van der Waals surface area contributed by atoms with Gasteiger partial charge in [0, 0.05) is 46.9 Å². The number of halogens is 1. The summed E-state index contributed by atoms with van der Waals surface area (Å²) in [6.45, 7) is 7.66. The van der Waals surface area contributed by atoms with Gasteiger partial charge in [0.2, 0.25) is 0 Å². The van der Waals surface area contributed by atoms with Gasteiger partial charge in [-0.15, -0.1) is 0 Å². The molecule has 6 aromatic rings. The average molecular weight is 766 g/mol. The highest BCUT2D eigenvalue weighted by atomic mass is 79.9. The first kappa shape index (κ1) is 35.6. The van der Waals surface area contributed by atoms with Crippen LogP contribution in [0.1, 0.15) is 22.3 Å². The molecular formula is C36H33BrN2O8S2. The molecule has 0 unspecified atom stereocenters. The van der Waals surface area contributed by atoms with Gasteiger partial charge in [-0.1, -0.05) is 51.3 Å². The van der Waals surface area contributed by atoms with Crippen LogP contribution >= 0.6 is 15.9 Å². The van der Waals surface area contributed by atoms with Crippen molar-refractivity contribution in [2.75, 3.05) is 20.9 Å². The molecule has 254 valence electrons. The lowest BCUT2D eigenvalue weighted by Crippen LogP contribution is -2.32. The highest BCUT2D eigenvalue weighted by Crippen LogP contribution is 2.28. The van der Waals surface area contributed by atoms with E-state index in [1.165, 1.54) is 22.5 Å². The predicted octanol–water partition coefficient (Wildman–Crippen LogP) is 7.21. The largest absolute Gasteiger partial charge is 0.423 e. The van der Waals surface area contributed by atoms with Gasteiger partial charge in [0.15, 0.2) is 0 Å². The summed E-state index contributed by atoms with van der Waals surface area (Å²) >= 11 is 3.32. The summed E-state index contributed by atoms with van der Waals surface area (Å²) in [6, 6.07) is 26.1. The highest BCUT2D eigenvalue weighted by Gasteiger charge is 2.25. The fourth-order valence-electron chi connectivity index (χ4n) is 5.09. The Morgan fingerprint density at radius 3 is 1.65 bits per heavy atom. The molecule has 0 spiro atoms. The van der Waals surface area contributed by atoms with Crippen LogP contribution in [0.3, 0.4) is 0 Å². The number of hydrogen-bond donors (Lipinski definition) is 1. The standard InChI is InChI=1S/C19H18BrNO4S.C17H15NO4S/c1-13-3-6-16(7-4-13)26(23,24)21(10-9-20)15-5-8-17-14(2)11-19(22)25-18(17)12-15;1-11-3-6-14(7-4-11)23(20,21)18-13-5-8-15-12(2)9-17(19)22-16(15)10-13/h3-8,11-12H,9-10H2,1-2H3;3-10,18H,1-2H3. The summed E-state index contributed by atoms with van der Waals surface area (Å²) in [5, 5.41) is 2.01. The van der Waals surface area contributed by atoms with Gasteiger partial charge < -0.3 is 8.83 Å². The fourth-order valence-corrected chi connectivity index (χ4v) is 8.19. The Morgan fingerprint density at radius 1 is 0.633 bits per heavy atom. The first-order valence-corrected chi connectivity index (χ1v) is 19.1. The van der Waals surface area contributed by atoms with Gasteiger partial charge >= 0.3 is 11.3 Å². The zero-order chi connectivity index (χ0) is 35.5. The SMILES string of the molecule is Cc1ccc(S(=O)(=O)N(CCBr)c2ccc3c(C)cc(=O)oc3c2)cc1.Cc1ccc(S(=O)(=O)Nc2ccc3c(C)cc(=O)oc3c2)cc1. The van der Waals surface area contributed by atoms with Crippen molar-refractivity contribution in [3.05, 3.63) is 140 Å². The van der Waals surface area contributed by atoms with Crippen LogP contribution in [0.4, 0.5) is 11.4 Å². The highest BCUT2D eigenvalue weighted by molar-refractivity contribution is 9.09. The number of nitrogens with one attached hydrogen (secondary N) is 1. The van der Waals surface area contributed by atoms with Crippen LogP contribution in [0.5, 0.6) is 0 Å². The Morgan fingerprint density at radius 2 is 1.12 bits per heavy atom. The number of alkyl halides is 1. The minimum Gasteiger partial charge on any atom is -0.423 e. The lowest BCUT2D eigenvalue weighted by Gasteiger charge is -2.24. The number of rotatable bonds is 8. The second-order valence-electron chi connectivity index (χ2n) is 11.4. The summed E-state index contributed by atoms with van der Waals surface area (Å²) in [5.41, 5.74) is 4.11. The summed E-state index contributed by atoms with van der Waals surface area (Å²) < 4.78 is 65.2. The smallest absolute Gasteiger partial charge is 0.336 e. The molecule has 0 saturated heterocycles. The number of benzene rings is 4. The number of fused-ring (bicyclic) bond motifs is 2. The molecule has 10 nitrogen and oxygen atoms in total. The zero-order valence-corrected chi connectivity index (χ0v) is 30.3. The predicted molar refractivity (Wildman–Crippen MR) is 196 cm³/mol. The molecule has 2 heterocycles. The quantitative estimate of drug-likeness (QED) is 0.127. The van der Waals surface area contributed by atoms with E-state index in [2.05, 4.69) is 20.7 Å². The minimum atomic E-state index is -3.74. The van der Waals surface area contributed by atoms with Crippen molar-refractivity contribution in [1.29, 1.82) is 0 Å². The van der Waals surface area contributed by atoms with Gasteiger partial charge in [-0.25, -0.2) is 26.4 Å². The molecule has 0 atom stereocenters. The van der Waals surface area contributed by atoms with E-state index in [-0.39, 0.29) is 16.3 Å². The molecule has 0 bridgehead atoms. The Hall–Kier alpha value is -4.72. The van der Waals surface area contributed by atoms with Crippen molar-refractivity contribution >= 4 is 69.3 Å². The molecule has 0 saturated carbocycles. The normalized spacial score (nSPS) is 11.6. The van der Waals surface area contributed by atoms with Gasteiger partial charge in [-0.05, 0) is 87.4 Å². The molecule has 4 aromatic carbocycles. The van der Waals surface area contributed by atoms with E-state index in [1.807, 2.05) is 20.8 Å². The Bertz CT molecular complexity index is 2490. The van der Waals surface area contributed by atoms with Crippen LogP contribution in [-0.4, -0.2) is 28.7 Å². The van der Waals surface area contributed by atoms with E-state index in [4.69, 9.17) is 8.83 Å². The number of sulfonamides is 2. The third-order valence-corrected chi connectivity index (χ3v) is 11.2. The van der Waals surface area contributed by atoms with Crippen LogP contribution in [0.2, 0.25) is 0 Å². The number of nitrogens with zero attached hydrogens (tertiary/aromatic N) is 1. The summed E-state index contributed by atoms with van der Waals surface area (Å²) in [4.78, 5) is 23.5. The maximum Gasteiger partial charge on any atom is 0.336 e. The molecule has 0 aliphatic carbocycles. The topological polar surface area (TPSA) is 144 Å². The van der Waals surface area contributed by atoms with Crippen LogP contribution in [0, 0.1) is 27.7 Å². The van der Waals surface area contributed by atoms with E-state index in [9.17, 15) is 26.4 Å². The van der Waals surface area contributed by atoms with Gasteiger partial charge in [-0.2, -0.15) is 0 Å². The summed E-state index contributed by atoms with van der Waals surface area (Å²) in [7, 11) is -7.43. The Labute approximate surface area is 292 Å². The zero-order valence-electron chi connectivity index (χ0n) is 27.1. The van der Waals surface area contributed by atoms with Crippen molar-refractivity contribution in [1.82, 2.24) is 0 Å². The van der Waals surface area contributed by atoms with Crippen molar-refractivity contribution in [3.8, 4) is 0 Å². The minimum absolute atomic E-state index is 0.175. The van der Waals surface area contributed by atoms with Gasteiger partial charge in [0.25, 0.3) is 20.0 Å². The van der Waals surface area contributed by atoms with Gasteiger partial charge in [0.05, 0.1) is 21.2 Å². The summed E-state index contributed by atoms with van der Waals surface area (Å²) in [6.07, 6.45) is 0. The lowest BCUT2D eigenvalue weighted by atomic mass is 10.1. The van der Waals surface area contributed by atoms with Crippen molar-refractivity contribution in [2.24, 2.45) is 0 Å². The monoisotopic (exact) mass is 764 g/mol. The lowest BCUT2D eigenvalue weighted by molar-refractivity contribution is 0.559. The van der Waals surface area contributed by atoms with E-state index >= 15 is 0 Å². The van der Waals surface area contributed by atoms with E-state index in [0.29, 0.717) is 27.9 Å². The molecule has 0 amide bonds. The summed E-state index contributed by atoms with van der Waals surface area (Å²) in [5.74, 6) is 0. The van der Waals surface area contributed by atoms with Crippen molar-refractivity contribution in [3.63, 3.8) is 0 Å². The molecule has 1 N–H and O–H groups in total. The molecular weight excluding hydrogens is 732 g/mol. The van der Waals surface area contributed by atoms with E-state index < -0.39 is 31.3 Å². The molecule has 0 radical (unpaired) electrons. The maximum atomic E-state index is 13.1. The maximum absolute atomic E-state index is 13.1. The third kappa shape index (κ3) is 8.12. The first-order valence-electron chi connectivity index (χ1n) is 15.0. The molecule has 0 fully saturated rings. The first-order chi connectivity index (χ1) is 23.2. The molecule has 6 rings (SSSR count). The van der Waals surface area contributed by atoms with Crippen molar-refractivity contribution < 1.29 is 25.7 Å². The second-order valence-corrected chi connectivity index (χ2v) is 15.7. The van der Waals surface area contributed by atoms with Crippen LogP contribution in [0.25, 0.3) is 21.9 Å². The van der Waals surface area contributed by atoms with E-state index in [0.717, 1.165) is 33.0 Å². The number of aryl methyl sites for hydroxylation is 4. The third-order valence-electron chi connectivity index (χ3n) is 7.65. The Kier molecular flexibility index (Phi) is 10.5. The van der Waals surface area contributed by atoms with Crippen molar-refractivity contribution in [2.45, 2.75) is 37.5 Å². The Balaban J connectivity index is 0.000000192. The van der Waals surface area contributed by atoms with Gasteiger partial charge in [0.1, 0.15) is 11.2 Å². The van der Waals surface area contributed by atoms with Gasteiger partial charge in [-0.3, -0.25) is 9.03 Å². The fraction of sp³-hybridized carbons (Fsp3) is 0.167. The number of anilines is 2. The molecule has 2 aromatic heterocycles. The second kappa shape index (κ2) is 14.4.